The van der Waals surface area contributed by atoms with Gasteiger partial charge in [-0.3, -0.25) is 0 Å². The van der Waals surface area contributed by atoms with Gasteiger partial charge in [0.1, 0.15) is 10.6 Å². The van der Waals surface area contributed by atoms with Gasteiger partial charge in [0, 0.05) is 30.2 Å². The zero-order valence-electron chi connectivity index (χ0n) is 11.6. The average molecular weight is 319 g/mol. The average Bonchev–Trinajstić information content (AvgIpc) is 2.92. The van der Waals surface area contributed by atoms with E-state index in [2.05, 4.69) is 5.32 Å². The molecule has 20 heavy (non-hydrogen) atoms. The summed E-state index contributed by atoms with van der Waals surface area (Å²) in [5.41, 5.74) is 0. The number of nitrogens with zero attached hydrogens (tertiary/aromatic N) is 1. The van der Waals surface area contributed by atoms with E-state index in [1.165, 1.54) is 23.5 Å². The van der Waals surface area contributed by atoms with Crippen LogP contribution in [-0.4, -0.2) is 45.5 Å². The predicted octanol–water partition coefficient (Wildman–Crippen LogP) is 1.72. The zero-order chi connectivity index (χ0) is 14.8. The van der Waals surface area contributed by atoms with Crippen LogP contribution < -0.4 is 10.1 Å². The van der Waals surface area contributed by atoms with Gasteiger partial charge in [-0.25, -0.2) is 8.42 Å². The molecule has 1 saturated heterocycles. The highest BCUT2D eigenvalue weighted by Crippen LogP contribution is 2.31. The Morgan fingerprint density at radius 3 is 2.80 bits per heavy atom. The van der Waals surface area contributed by atoms with Crippen molar-refractivity contribution in [1.29, 1.82) is 0 Å². The molecule has 0 radical (unpaired) electrons. The van der Waals surface area contributed by atoms with E-state index >= 15 is 0 Å². The van der Waals surface area contributed by atoms with Gasteiger partial charge >= 0.3 is 0 Å². The Hall–Kier alpha value is -0.820. The molecule has 7 heteroatoms. The lowest BCUT2D eigenvalue weighted by atomic mass is 10.3. The molecule has 1 fully saturated rings. The molecule has 0 bridgehead atoms. The van der Waals surface area contributed by atoms with Gasteiger partial charge in [-0.15, -0.1) is 0 Å². The van der Waals surface area contributed by atoms with Gasteiger partial charge in [-0.05, 0) is 25.1 Å². The summed E-state index contributed by atoms with van der Waals surface area (Å²) in [7, 11) is -2.14. The monoisotopic (exact) mass is 318 g/mol. The molecule has 0 aromatic heterocycles. The van der Waals surface area contributed by atoms with Crippen LogP contribution in [0.3, 0.4) is 0 Å². The third-order valence-corrected chi connectivity index (χ3v) is 5.77. The third kappa shape index (κ3) is 2.93. The van der Waals surface area contributed by atoms with Crippen LogP contribution in [0.2, 0.25) is 5.02 Å². The first-order valence-corrected chi connectivity index (χ1v) is 8.38. The van der Waals surface area contributed by atoms with Crippen LogP contribution in [-0.2, 0) is 10.0 Å². The summed E-state index contributed by atoms with van der Waals surface area (Å²) in [4.78, 5) is 0.165. The standard InChI is InChI=1S/C13H19ClN2O3S/c1-3-16(11-6-7-15-9-11)20(17,18)13-5-4-10(14)8-12(13)19-2/h4-5,8,11,15H,3,6-7,9H2,1-2H3. The number of halogens is 1. The molecular formula is C13H19ClN2O3S. The first-order valence-electron chi connectivity index (χ1n) is 6.56. The molecule has 1 unspecified atom stereocenters. The number of hydrogen-bond acceptors (Lipinski definition) is 4. The second kappa shape index (κ2) is 6.30. The molecule has 1 aliphatic heterocycles. The van der Waals surface area contributed by atoms with Crippen LogP contribution in [0.5, 0.6) is 5.75 Å². The second-order valence-electron chi connectivity index (χ2n) is 4.65. The van der Waals surface area contributed by atoms with Crippen molar-refractivity contribution in [3.8, 4) is 5.75 Å². The quantitative estimate of drug-likeness (QED) is 0.898. The van der Waals surface area contributed by atoms with Crippen molar-refractivity contribution in [3.05, 3.63) is 23.2 Å². The number of sulfonamides is 1. The van der Waals surface area contributed by atoms with Crippen molar-refractivity contribution in [3.63, 3.8) is 0 Å². The Kier molecular flexibility index (Phi) is 4.90. The van der Waals surface area contributed by atoms with Crippen LogP contribution in [0.1, 0.15) is 13.3 Å². The lowest BCUT2D eigenvalue weighted by molar-refractivity contribution is 0.344. The molecule has 2 rings (SSSR count). The fourth-order valence-corrected chi connectivity index (χ4v) is 4.45. The van der Waals surface area contributed by atoms with E-state index in [9.17, 15) is 8.42 Å². The Bertz CT molecular complexity index is 571. The second-order valence-corrected chi connectivity index (χ2v) is 6.95. The van der Waals surface area contributed by atoms with E-state index in [1.54, 1.807) is 6.07 Å². The van der Waals surface area contributed by atoms with Gasteiger partial charge in [-0.2, -0.15) is 4.31 Å². The number of rotatable bonds is 5. The minimum absolute atomic E-state index is 0.00890. The first-order chi connectivity index (χ1) is 9.50. The van der Waals surface area contributed by atoms with E-state index in [1.807, 2.05) is 6.92 Å². The maximum absolute atomic E-state index is 12.8. The highest BCUT2D eigenvalue weighted by atomic mass is 35.5. The molecule has 1 aromatic carbocycles. The Morgan fingerprint density at radius 2 is 2.25 bits per heavy atom. The molecule has 1 heterocycles. The summed E-state index contributed by atoms with van der Waals surface area (Å²) in [6, 6.07) is 4.58. The van der Waals surface area contributed by atoms with Crippen molar-refractivity contribution in [2.24, 2.45) is 0 Å². The number of ether oxygens (including phenoxy) is 1. The van der Waals surface area contributed by atoms with Gasteiger partial charge < -0.3 is 10.1 Å². The topological polar surface area (TPSA) is 58.6 Å². The predicted molar refractivity (Wildman–Crippen MR) is 78.8 cm³/mol. The molecule has 1 atom stereocenters. The van der Waals surface area contributed by atoms with Crippen molar-refractivity contribution >= 4 is 21.6 Å². The number of hydrogen-bond donors (Lipinski definition) is 1. The van der Waals surface area contributed by atoms with Crippen molar-refractivity contribution in [2.75, 3.05) is 26.7 Å². The van der Waals surface area contributed by atoms with Crippen LogP contribution in [0, 0.1) is 0 Å². The Labute approximate surface area is 124 Å². The van der Waals surface area contributed by atoms with Crippen LogP contribution in [0.4, 0.5) is 0 Å². The molecule has 0 saturated carbocycles. The number of likely N-dealkylation sites (N-methyl/N-ethyl adjacent to an activating group) is 1. The van der Waals surface area contributed by atoms with Crippen LogP contribution >= 0.6 is 11.6 Å². The van der Waals surface area contributed by atoms with Gasteiger partial charge in [0.15, 0.2) is 0 Å². The minimum Gasteiger partial charge on any atom is -0.495 e. The number of nitrogens with one attached hydrogen (secondary N) is 1. The van der Waals surface area contributed by atoms with Crippen molar-refractivity contribution < 1.29 is 13.2 Å². The van der Waals surface area contributed by atoms with Gasteiger partial charge in [0.25, 0.3) is 0 Å². The summed E-state index contributed by atoms with van der Waals surface area (Å²) in [5, 5.41) is 3.64. The SMILES string of the molecule is CCN(C1CCNC1)S(=O)(=O)c1ccc(Cl)cc1OC. The fourth-order valence-electron chi connectivity index (χ4n) is 2.49. The van der Waals surface area contributed by atoms with E-state index in [4.69, 9.17) is 16.3 Å². The summed E-state index contributed by atoms with van der Waals surface area (Å²) in [6.07, 6.45) is 0.822. The van der Waals surface area contributed by atoms with Gasteiger partial charge in [0.2, 0.25) is 10.0 Å². The highest BCUT2D eigenvalue weighted by molar-refractivity contribution is 7.89. The molecule has 1 N–H and O–H groups in total. The summed E-state index contributed by atoms with van der Waals surface area (Å²) in [5.74, 6) is 0.280. The molecule has 1 aromatic rings. The summed E-state index contributed by atoms with van der Waals surface area (Å²) in [6.45, 7) is 3.80. The fraction of sp³-hybridized carbons (Fsp3) is 0.538. The molecule has 1 aliphatic rings. The Morgan fingerprint density at radius 1 is 1.50 bits per heavy atom. The maximum atomic E-state index is 12.8. The lowest BCUT2D eigenvalue weighted by Gasteiger charge is -2.27. The third-order valence-electron chi connectivity index (χ3n) is 3.47. The van der Waals surface area contributed by atoms with Gasteiger partial charge in [0.05, 0.1) is 7.11 Å². The molecule has 0 aliphatic carbocycles. The number of benzene rings is 1. The van der Waals surface area contributed by atoms with Crippen molar-refractivity contribution in [1.82, 2.24) is 9.62 Å². The van der Waals surface area contributed by atoms with Crippen molar-refractivity contribution in [2.45, 2.75) is 24.3 Å². The van der Waals surface area contributed by atoms with Crippen LogP contribution in [0.15, 0.2) is 23.1 Å². The minimum atomic E-state index is -3.58. The van der Waals surface area contributed by atoms with E-state index in [0.29, 0.717) is 18.1 Å². The van der Waals surface area contributed by atoms with E-state index in [0.717, 1.165) is 13.0 Å². The van der Waals surface area contributed by atoms with E-state index in [-0.39, 0.29) is 16.7 Å². The van der Waals surface area contributed by atoms with Crippen LogP contribution in [0.25, 0.3) is 0 Å². The molecular weight excluding hydrogens is 300 g/mol. The molecule has 5 nitrogen and oxygen atoms in total. The summed E-state index contributed by atoms with van der Waals surface area (Å²) >= 11 is 5.89. The molecule has 112 valence electrons. The zero-order valence-corrected chi connectivity index (χ0v) is 13.2. The normalized spacial score (nSPS) is 19.5. The maximum Gasteiger partial charge on any atom is 0.247 e. The smallest absolute Gasteiger partial charge is 0.247 e. The van der Waals surface area contributed by atoms with E-state index < -0.39 is 10.0 Å². The number of methoxy groups -OCH3 is 1. The van der Waals surface area contributed by atoms with Gasteiger partial charge in [-0.1, -0.05) is 18.5 Å². The summed E-state index contributed by atoms with van der Waals surface area (Å²) < 4.78 is 32.3. The lowest BCUT2D eigenvalue weighted by Crippen LogP contribution is -2.41. The highest BCUT2D eigenvalue weighted by Gasteiger charge is 2.33. The largest absolute Gasteiger partial charge is 0.495 e. The molecule has 0 spiro atoms. The Balaban J connectivity index is 2.42. The molecule has 0 amide bonds. The first kappa shape index (κ1) is 15.6.